The van der Waals surface area contributed by atoms with E-state index in [1.807, 2.05) is 11.0 Å². The number of benzene rings is 2. The molecular formula is C26H26FN3O3. The minimum absolute atomic E-state index is 0.0369. The molecule has 0 spiro atoms. The second-order valence-corrected chi connectivity index (χ2v) is 9.00. The molecule has 5 rings (SSSR count). The van der Waals surface area contributed by atoms with Crippen LogP contribution in [0, 0.1) is 5.82 Å². The molecule has 1 aromatic heterocycles. The standard InChI is InChI=1S/C26H26FN3O3/c1-29-15-21-19(13-22(31)30-9-3-2-4-10-30)20-12-17(11-16-5-7-18(27)8-6-16)14-28-24(20)25(32)23(21)26(29)33/h5-8,12,14,32H,2-4,9-11,13,15H2,1H3. The Labute approximate surface area is 191 Å². The lowest BCUT2D eigenvalue weighted by molar-refractivity contribution is -0.131. The van der Waals surface area contributed by atoms with E-state index in [0.29, 0.717) is 29.4 Å². The van der Waals surface area contributed by atoms with Gasteiger partial charge < -0.3 is 14.9 Å². The predicted molar refractivity (Wildman–Crippen MR) is 123 cm³/mol. The number of carbonyl (C=O) groups is 2. The van der Waals surface area contributed by atoms with Crippen molar-refractivity contribution in [3.8, 4) is 5.75 Å². The van der Waals surface area contributed by atoms with Gasteiger partial charge in [-0.2, -0.15) is 0 Å². The van der Waals surface area contributed by atoms with Gasteiger partial charge in [0.05, 0.1) is 12.0 Å². The number of hydrogen-bond donors (Lipinski definition) is 1. The average Bonchev–Trinajstić information content (AvgIpc) is 3.13. The van der Waals surface area contributed by atoms with Gasteiger partial charge in [-0.15, -0.1) is 0 Å². The fourth-order valence-corrected chi connectivity index (χ4v) is 4.95. The Hall–Kier alpha value is -3.48. The lowest BCUT2D eigenvalue weighted by Crippen LogP contribution is -2.36. The molecule has 3 heterocycles. The van der Waals surface area contributed by atoms with E-state index in [9.17, 15) is 19.1 Å². The summed E-state index contributed by atoms with van der Waals surface area (Å²) in [6.07, 6.45) is 5.52. The van der Waals surface area contributed by atoms with E-state index in [2.05, 4.69) is 4.98 Å². The number of carbonyl (C=O) groups excluding carboxylic acids is 2. The van der Waals surface area contributed by atoms with E-state index in [1.165, 1.54) is 12.1 Å². The van der Waals surface area contributed by atoms with Crippen molar-refractivity contribution in [2.45, 2.75) is 38.6 Å². The molecule has 1 N–H and O–H groups in total. The Morgan fingerprint density at radius 1 is 1.12 bits per heavy atom. The second kappa shape index (κ2) is 8.46. The van der Waals surface area contributed by atoms with E-state index in [-0.39, 0.29) is 35.4 Å². The van der Waals surface area contributed by atoms with E-state index in [0.717, 1.165) is 49.0 Å². The highest BCUT2D eigenvalue weighted by molar-refractivity contribution is 6.08. The summed E-state index contributed by atoms with van der Waals surface area (Å²) in [7, 11) is 1.69. The number of amides is 2. The highest BCUT2D eigenvalue weighted by Gasteiger charge is 2.34. The number of rotatable bonds is 4. The highest BCUT2D eigenvalue weighted by atomic mass is 19.1. The van der Waals surface area contributed by atoms with Crippen LogP contribution >= 0.6 is 0 Å². The van der Waals surface area contributed by atoms with Crippen LogP contribution in [0.4, 0.5) is 4.39 Å². The first-order chi connectivity index (χ1) is 15.9. The second-order valence-electron chi connectivity index (χ2n) is 9.00. The van der Waals surface area contributed by atoms with E-state index >= 15 is 0 Å². The van der Waals surface area contributed by atoms with Crippen LogP contribution in [0.3, 0.4) is 0 Å². The minimum atomic E-state index is -0.289. The van der Waals surface area contributed by atoms with Gasteiger partial charge in [-0.25, -0.2) is 4.39 Å². The lowest BCUT2D eigenvalue weighted by atomic mass is 9.92. The number of aromatic hydroxyl groups is 1. The van der Waals surface area contributed by atoms with Crippen molar-refractivity contribution in [3.63, 3.8) is 0 Å². The van der Waals surface area contributed by atoms with Crippen molar-refractivity contribution < 1.29 is 19.1 Å². The largest absolute Gasteiger partial charge is 0.505 e. The molecule has 2 amide bonds. The van der Waals surface area contributed by atoms with E-state index < -0.39 is 0 Å². The van der Waals surface area contributed by atoms with Gasteiger partial charge >= 0.3 is 0 Å². The first-order valence-electron chi connectivity index (χ1n) is 11.4. The lowest BCUT2D eigenvalue weighted by Gasteiger charge is -2.27. The molecule has 33 heavy (non-hydrogen) atoms. The quantitative estimate of drug-likeness (QED) is 0.660. The molecule has 6 nitrogen and oxygen atoms in total. The number of nitrogens with zero attached hydrogens (tertiary/aromatic N) is 3. The van der Waals surface area contributed by atoms with Crippen molar-refractivity contribution in [2.24, 2.45) is 0 Å². The van der Waals surface area contributed by atoms with Crippen LogP contribution < -0.4 is 0 Å². The third kappa shape index (κ3) is 3.92. The Morgan fingerprint density at radius 3 is 2.58 bits per heavy atom. The van der Waals surface area contributed by atoms with Gasteiger partial charge in [-0.05, 0) is 66.1 Å². The molecule has 1 fully saturated rings. The number of piperidine rings is 1. The Kier molecular flexibility index (Phi) is 5.48. The number of aromatic nitrogens is 1. The molecule has 3 aromatic rings. The maximum Gasteiger partial charge on any atom is 0.258 e. The molecule has 0 saturated carbocycles. The first-order valence-corrected chi connectivity index (χ1v) is 11.4. The van der Waals surface area contributed by atoms with Gasteiger partial charge in [0.2, 0.25) is 5.91 Å². The molecule has 2 aliphatic heterocycles. The molecule has 2 aromatic carbocycles. The predicted octanol–water partition coefficient (Wildman–Crippen LogP) is 3.81. The third-order valence-electron chi connectivity index (χ3n) is 6.71. The van der Waals surface area contributed by atoms with Crippen molar-refractivity contribution in [2.75, 3.05) is 20.1 Å². The number of pyridine rings is 1. The maximum absolute atomic E-state index is 13.3. The van der Waals surface area contributed by atoms with Crippen molar-refractivity contribution in [1.29, 1.82) is 0 Å². The Balaban J connectivity index is 1.60. The zero-order valence-electron chi connectivity index (χ0n) is 18.6. The number of fused-ring (bicyclic) bond motifs is 2. The molecule has 0 bridgehead atoms. The van der Waals surface area contributed by atoms with Crippen LogP contribution in [-0.4, -0.2) is 51.8 Å². The van der Waals surface area contributed by atoms with E-state index in [1.54, 1.807) is 30.3 Å². The summed E-state index contributed by atoms with van der Waals surface area (Å²) in [6, 6.07) is 8.24. The molecule has 170 valence electrons. The van der Waals surface area contributed by atoms with Crippen molar-refractivity contribution >= 4 is 22.7 Å². The third-order valence-corrected chi connectivity index (χ3v) is 6.71. The summed E-state index contributed by atoms with van der Waals surface area (Å²) in [5, 5.41) is 11.6. The van der Waals surface area contributed by atoms with E-state index in [4.69, 9.17) is 0 Å². The molecule has 0 aliphatic carbocycles. The van der Waals surface area contributed by atoms with Gasteiger partial charge in [-0.1, -0.05) is 12.1 Å². The summed E-state index contributed by atoms with van der Waals surface area (Å²) < 4.78 is 13.3. The van der Waals surface area contributed by atoms with Gasteiger partial charge in [0.25, 0.3) is 5.91 Å². The summed E-state index contributed by atoms with van der Waals surface area (Å²) in [5.74, 6) is -0.636. The summed E-state index contributed by atoms with van der Waals surface area (Å²) >= 11 is 0. The number of phenols is 1. The van der Waals surface area contributed by atoms with Gasteiger partial charge in [0.1, 0.15) is 11.3 Å². The number of likely N-dealkylation sites (tertiary alicyclic amines) is 1. The molecule has 0 atom stereocenters. The van der Waals surface area contributed by atoms with Crippen molar-refractivity contribution in [1.82, 2.24) is 14.8 Å². The van der Waals surface area contributed by atoms with Crippen LogP contribution in [0.25, 0.3) is 10.9 Å². The topological polar surface area (TPSA) is 73.7 Å². The Bertz CT molecular complexity index is 1250. The van der Waals surface area contributed by atoms with Crippen molar-refractivity contribution in [3.05, 3.63) is 70.2 Å². The summed E-state index contributed by atoms with van der Waals surface area (Å²) in [6.45, 7) is 1.86. The minimum Gasteiger partial charge on any atom is -0.505 e. The normalized spacial score (nSPS) is 15.9. The molecule has 2 aliphatic rings. The van der Waals surface area contributed by atoms with Crippen LogP contribution in [0.15, 0.2) is 36.5 Å². The molecule has 0 radical (unpaired) electrons. The number of phenolic OH excluding ortho intramolecular Hbond substituents is 1. The SMILES string of the molecule is CN1Cc2c(c(O)c3ncc(Cc4ccc(F)cc4)cc3c2CC(=O)N2CCCCC2)C1=O. The fourth-order valence-electron chi connectivity index (χ4n) is 4.95. The van der Waals surface area contributed by atoms with Crippen LogP contribution in [-0.2, 0) is 24.2 Å². The fraction of sp³-hybridized carbons (Fsp3) is 0.346. The average molecular weight is 448 g/mol. The highest BCUT2D eigenvalue weighted by Crippen LogP contribution is 2.40. The van der Waals surface area contributed by atoms with Gasteiger partial charge in [-0.3, -0.25) is 14.6 Å². The van der Waals surface area contributed by atoms with Gasteiger partial charge in [0.15, 0.2) is 5.75 Å². The van der Waals surface area contributed by atoms with Crippen LogP contribution in [0.1, 0.15) is 51.9 Å². The number of halogens is 1. The monoisotopic (exact) mass is 447 g/mol. The zero-order valence-corrected chi connectivity index (χ0v) is 18.6. The maximum atomic E-state index is 13.3. The molecular weight excluding hydrogens is 421 g/mol. The smallest absolute Gasteiger partial charge is 0.258 e. The van der Waals surface area contributed by atoms with Crippen LogP contribution in [0.5, 0.6) is 5.75 Å². The summed E-state index contributed by atoms with van der Waals surface area (Å²) in [5.41, 5.74) is 3.88. The first kappa shape index (κ1) is 21.4. The van der Waals surface area contributed by atoms with Crippen LogP contribution in [0.2, 0.25) is 0 Å². The summed E-state index contributed by atoms with van der Waals surface area (Å²) in [4.78, 5) is 33.9. The Morgan fingerprint density at radius 2 is 1.85 bits per heavy atom. The molecule has 1 saturated heterocycles. The molecule has 7 heteroatoms. The number of hydrogen-bond acceptors (Lipinski definition) is 4. The zero-order chi connectivity index (χ0) is 23.1. The molecule has 0 unspecified atom stereocenters. The van der Waals surface area contributed by atoms with Gasteiger partial charge in [0, 0.05) is 38.3 Å².